The number of rotatable bonds is 0. The van der Waals surface area contributed by atoms with Gasteiger partial charge >= 0.3 is 22.5 Å². The molecule has 0 heterocycles. The van der Waals surface area contributed by atoms with Crippen molar-refractivity contribution in [3.05, 3.63) is 0 Å². The van der Waals surface area contributed by atoms with Crippen LogP contribution in [0.1, 0.15) is 7.43 Å². The van der Waals surface area contributed by atoms with Crippen LogP contribution in [0.2, 0.25) is 0 Å². The van der Waals surface area contributed by atoms with Gasteiger partial charge in [0, 0.05) is 0 Å². The second-order valence-electron chi connectivity index (χ2n) is 0.0630. The third kappa shape index (κ3) is 186. The molecule has 0 aromatic heterocycles. The Kier molecular flexibility index (Phi) is 24.9. The van der Waals surface area contributed by atoms with Crippen LogP contribution < -0.4 is 0 Å². The molecular weight excluding hydrogens is 98.9 g/mol. The number of hydrogen-bond acceptors (Lipinski definition) is 2. The van der Waals surface area contributed by atoms with Gasteiger partial charge in [-0.3, -0.25) is 0 Å². The monoisotopic (exact) mass is 103 g/mol. The molecule has 0 saturated heterocycles. The van der Waals surface area contributed by atoms with E-state index in [0.717, 1.165) is 0 Å². The Morgan fingerprint density at radius 2 is 1.25 bits per heavy atom. The molecule has 0 aliphatic rings. The fraction of sp³-hybridized carbons (Fsp3) is 1.00. The predicted molar refractivity (Wildman–Crippen MR) is 8.10 cm³/mol. The summed E-state index contributed by atoms with van der Waals surface area (Å²) >= 11 is -1.44. The van der Waals surface area contributed by atoms with Gasteiger partial charge in [0.1, 0.15) is 0 Å². The van der Waals surface area contributed by atoms with Crippen molar-refractivity contribution in [3.63, 3.8) is 0 Å². The molecule has 3 heteroatoms. The van der Waals surface area contributed by atoms with Crippen molar-refractivity contribution < 1.29 is 22.5 Å². The standard InChI is InChI=1S/CH4.Mn.2O/h1H4;;;. The molecule has 0 fully saturated rings. The molecule has 0 N–H and O–H groups in total. The maximum atomic E-state index is 8.41. The first kappa shape index (κ1) is 8.92. The van der Waals surface area contributed by atoms with Crippen LogP contribution in [0, 0.1) is 0 Å². The van der Waals surface area contributed by atoms with E-state index in [9.17, 15) is 0 Å². The Balaban J connectivity index is 0. The SMILES string of the molecule is C.[O]=[Mn]=[O]. The molecule has 0 aliphatic heterocycles. The summed E-state index contributed by atoms with van der Waals surface area (Å²) in [6, 6.07) is 0. The second kappa shape index (κ2) is 11.2. The molecule has 0 aliphatic carbocycles. The van der Waals surface area contributed by atoms with E-state index in [1.807, 2.05) is 0 Å². The third-order valence-corrected chi connectivity index (χ3v) is 0. The minimum atomic E-state index is -1.44. The van der Waals surface area contributed by atoms with Crippen LogP contribution in [-0.4, -0.2) is 0 Å². The fourth-order valence-electron chi connectivity index (χ4n) is 0. The van der Waals surface area contributed by atoms with E-state index < -0.39 is 14.8 Å². The Morgan fingerprint density at radius 3 is 1.25 bits per heavy atom. The first-order chi connectivity index (χ1) is 1.41. The van der Waals surface area contributed by atoms with Crippen LogP contribution in [0.3, 0.4) is 0 Å². The zero-order chi connectivity index (χ0) is 2.71. The zero-order valence-corrected chi connectivity index (χ0v) is 2.37. The summed E-state index contributed by atoms with van der Waals surface area (Å²) in [5, 5.41) is 0. The van der Waals surface area contributed by atoms with Crippen molar-refractivity contribution in [2.75, 3.05) is 0 Å². The molecule has 4 heavy (non-hydrogen) atoms. The van der Waals surface area contributed by atoms with Crippen molar-refractivity contribution in [2.24, 2.45) is 0 Å². The van der Waals surface area contributed by atoms with E-state index in [0.29, 0.717) is 0 Å². The summed E-state index contributed by atoms with van der Waals surface area (Å²) in [7, 11) is 0. The van der Waals surface area contributed by atoms with E-state index in [1.54, 1.807) is 0 Å². The topological polar surface area (TPSA) is 34.1 Å². The minimum absolute atomic E-state index is 0. The van der Waals surface area contributed by atoms with Crippen molar-refractivity contribution in [2.45, 2.75) is 7.43 Å². The van der Waals surface area contributed by atoms with Gasteiger partial charge in [-0.15, -0.1) is 0 Å². The van der Waals surface area contributed by atoms with Gasteiger partial charge < -0.3 is 0 Å². The normalized spacial score (nSPS) is 3.00. The quantitative estimate of drug-likeness (QED) is 0.415. The van der Waals surface area contributed by atoms with E-state index >= 15 is 0 Å². The van der Waals surface area contributed by atoms with Crippen LogP contribution in [0.25, 0.3) is 0 Å². The van der Waals surface area contributed by atoms with Crippen LogP contribution in [0.15, 0.2) is 0 Å². The molecule has 0 radical (unpaired) electrons. The van der Waals surface area contributed by atoms with E-state index in [-0.39, 0.29) is 7.43 Å². The summed E-state index contributed by atoms with van der Waals surface area (Å²) in [5.74, 6) is 0. The molecule has 0 spiro atoms. The molecule has 0 amide bonds. The molecule has 0 aromatic rings. The van der Waals surface area contributed by atoms with Gasteiger partial charge in [0.25, 0.3) is 0 Å². The first-order valence-electron chi connectivity index (χ1n) is 0.309. The predicted octanol–water partition coefficient (Wildman–Crippen LogP) is 0.396. The average Bonchev–Trinajstić information content (AvgIpc) is 0.918. The molecule has 27 valence electrons. The van der Waals surface area contributed by atoms with Crippen LogP contribution in [0.4, 0.5) is 0 Å². The van der Waals surface area contributed by atoms with Gasteiger partial charge in [-0.25, -0.2) is 0 Å². The molecule has 0 unspecified atom stereocenters. The van der Waals surface area contributed by atoms with Crippen molar-refractivity contribution in [1.29, 1.82) is 0 Å². The molecule has 0 aromatic carbocycles. The molecule has 0 saturated carbocycles. The van der Waals surface area contributed by atoms with Crippen LogP contribution in [-0.2, 0) is 22.5 Å². The van der Waals surface area contributed by atoms with Gasteiger partial charge in [-0.05, 0) is 0 Å². The summed E-state index contributed by atoms with van der Waals surface area (Å²) in [6.07, 6.45) is 0. The summed E-state index contributed by atoms with van der Waals surface area (Å²) in [6.45, 7) is 0. The van der Waals surface area contributed by atoms with E-state index in [4.69, 9.17) is 7.67 Å². The zero-order valence-electron chi connectivity index (χ0n) is 1.19. The van der Waals surface area contributed by atoms with Crippen LogP contribution >= 0.6 is 0 Å². The Hall–Kier alpha value is 0.119. The summed E-state index contributed by atoms with van der Waals surface area (Å²) in [5.41, 5.74) is 0. The van der Waals surface area contributed by atoms with Crippen molar-refractivity contribution in [1.82, 2.24) is 0 Å². The van der Waals surface area contributed by atoms with Gasteiger partial charge in [0.15, 0.2) is 0 Å². The Labute approximate surface area is 30.8 Å². The second-order valence-corrected chi connectivity index (χ2v) is 0.260. The van der Waals surface area contributed by atoms with Crippen molar-refractivity contribution >= 4 is 0 Å². The molecule has 0 rings (SSSR count). The number of hydrogen-bond donors (Lipinski definition) is 0. The van der Waals surface area contributed by atoms with Gasteiger partial charge in [0.05, 0.1) is 0 Å². The van der Waals surface area contributed by atoms with E-state index in [1.165, 1.54) is 0 Å². The molecule has 0 atom stereocenters. The first-order valence-corrected chi connectivity index (χ1v) is 1.27. The van der Waals surface area contributed by atoms with Gasteiger partial charge in [0.2, 0.25) is 0 Å². The van der Waals surface area contributed by atoms with E-state index in [2.05, 4.69) is 0 Å². The maximum absolute atomic E-state index is 8.41. The Bertz CT molecular complexity index is 27.0. The average molecular weight is 103 g/mol. The summed E-state index contributed by atoms with van der Waals surface area (Å²) < 4.78 is 16.8. The summed E-state index contributed by atoms with van der Waals surface area (Å²) in [4.78, 5) is 0. The van der Waals surface area contributed by atoms with Gasteiger partial charge in [-0.2, -0.15) is 0 Å². The van der Waals surface area contributed by atoms with Crippen LogP contribution in [0.5, 0.6) is 0 Å². The van der Waals surface area contributed by atoms with Gasteiger partial charge in [-0.1, -0.05) is 7.43 Å². The van der Waals surface area contributed by atoms with Crippen molar-refractivity contribution in [3.8, 4) is 0 Å². The molecule has 2 nitrogen and oxygen atoms in total. The fourth-order valence-corrected chi connectivity index (χ4v) is 0. The Morgan fingerprint density at radius 1 is 1.25 bits per heavy atom. The molecular formula is CH4MnO2. The molecule has 0 bridgehead atoms. The third-order valence-electron chi connectivity index (χ3n) is 0.